The van der Waals surface area contributed by atoms with E-state index in [0.717, 1.165) is 10.4 Å². The van der Waals surface area contributed by atoms with Gasteiger partial charge in [-0.3, -0.25) is 19.2 Å². The molecular formula is C17H18N2O6S. The van der Waals surface area contributed by atoms with E-state index in [1.165, 1.54) is 25.1 Å². The molecule has 138 valence electrons. The van der Waals surface area contributed by atoms with Gasteiger partial charge in [0.15, 0.2) is 0 Å². The van der Waals surface area contributed by atoms with Crippen LogP contribution in [-0.4, -0.2) is 31.0 Å². The number of para-hydroxylation sites is 1. The van der Waals surface area contributed by atoms with Gasteiger partial charge in [0.1, 0.15) is 6.54 Å². The van der Waals surface area contributed by atoms with Gasteiger partial charge in [-0.25, -0.2) is 8.42 Å². The number of anilines is 1. The average Bonchev–Trinajstić information content (AvgIpc) is 2.59. The molecule has 1 N–H and O–H groups in total. The minimum absolute atomic E-state index is 0.239. The van der Waals surface area contributed by atoms with E-state index >= 15 is 0 Å². The Kier molecular flexibility index (Phi) is 5.61. The second-order valence-corrected chi connectivity index (χ2v) is 7.43. The van der Waals surface area contributed by atoms with Gasteiger partial charge in [0.05, 0.1) is 15.5 Å². The first-order valence-corrected chi connectivity index (χ1v) is 9.20. The van der Waals surface area contributed by atoms with Crippen LogP contribution in [0, 0.1) is 17.0 Å². The lowest BCUT2D eigenvalue weighted by atomic mass is 10.1. The number of carboxylic acids is 1. The van der Waals surface area contributed by atoms with Crippen molar-refractivity contribution < 1.29 is 23.2 Å². The molecule has 0 fully saturated rings. The number of nitro groups is 1. The van der Waals surface area contributed by atoms with Gasteiger partial charge < -0.3 is 5.11 Å². The number of sulfonamides is 1. The van der Waals surface area contributed by atoms with E-state index in [9.17, 15) is 28.4 Å². The number of non-ortho nitro benzene ring substituents is 1. The van der Waals surface area contributed by atoms with Gasteiger partial charge >= 0.3 is 5.97 Å². The molecule has 0 radical (unpaired) electrons. The van der Waals surface area contributed by atoms with E-state index < -0.39 is 27.5 Å². The first-order valence-electron chi connectivity index (χ1n) is 7.76. The van der Waals surface area contributed by atoms with Crippen molar-refractivity contribution in [2.45, 2.75) is 25.2 Å². The Morgan fingerprint density at radius 1 is 1.23 bits per heavy atom. The fourth-order valence-corrected chi connectivity index (χ4v) is 4.27. The monoisotopic (exact) mass is 378 g/mol. The molecule has 0 saturated heterocycles. The van der Waals surface area contributed by atoms with Gasteiger partial charge in [-0.05, 0) is 30.5 Å². The molecule has 26 heavy (non-hydrogen) atoms. The minimum Gasteiger partial charge on any atom is -0.480 e. The van der Waals surface area contributed by atoms with Crippen LogP contribution in [0.3, 0.4) is 0 Å². The second kappa shape index (κ2) is 7.52. The van der Waals surface area contributed by atoms with E-state index in [1.54, 1.807) is 18.2 Å². The summed E-state index contributed by atoms with van der Waals surface area (Å²) in [4.78, 5) is 21.3. The molecular weight excluding hydrogens is 360 g/mol. The number of hydrogen-bond donors (Lipinski definition) is 1. The lowest BCUT2D eigenvalue weighted by Gasteiger charge is -2.25. The summed E-state index contributed by atoms with van der Waals surface area (Å²) in [6.07, 6.45) is 0.496. The number of benzene rings is 2. The molecule has 2 rings (SSSR count). The van der Waals surface area contributed by atoms with Crippen molar-refractivity contribution in [1.82, 2.24) is 0 Å². The maximum atomic E-state index is 13.2. The molecule has 0 aliphatic rings. The lowest BCUT2D eigenvalue weighted by molar-refractivity contribution is -0.385. The molecule has 0 amide bonds. The number of nitro benzene ring substituents is 1. The highest BCUT2D eigenvalue weighted by Gasteiger charge is 2.31. The molecule has 2 aromatic carbocycles. The zero-order valence-electron chi connectivity index (χ0n) is 14.2. The third-order valence-corrected chi connectivity index (χ3v) is 5.77. The highest BCUT2D eigenvalue weighted by Crippen LogP contribution is 2.30. The third-order valence-electron chi connectivity index (χ3n) is 3.87. The smallest absolute Gasteiger partial charge is 0.324 e. The standard InChI is InChI=1S/C17H18N2O6S/c1-3-13-6-4-5-7-15(13)18(11-17(20)21)26(24,25)16-10-14(19(22)23)9-8-12(16)2/h4-10H,3,11H2,1-2H3,(H,20,21). The highest BCUT2D eigenvalue weighted by atomic mass is 32.2. The van der Waals surface area contributed by atoms with E-state index in [0.29, 0.717) is 17.5 Å². The summed E-state index contributed by atoms with van der Waals surface area (Å²) in [6.45, 7) is 2.53. The molecule has 2 aromatic rings. The summed E-state index contributed by atoms with van der Waals surface area (Å²) in [7, 11) is -4.32. The van der Waals surface area contributed by atoms with Crippen LogP contribution in [0.5, 0.6) is 0 Å². The van der Waals surface area contributed by atoms with Crippen molar-refractivity contribution in [3.8, 4) is 0 Å². The van der Waals surface area contributed by atoms with Gasteiger partial charge in [0, 0.05) is 12.1 Å². The molecule has 8 nitrogen and oxygen atoms in total. The molecule has 0 aromatic heterocycles. The van der Waals surface area contributed by atoms with E-state index in [2.05, 4.69) is 0 Å². The number of rotatable bonds is 7. The first kappa shape index (κ1) is 19.4. The number of nitrogens with zero attached hydrogens (tertiary/aromatic N) is 2. The quantitative estimate of drug-likeness (QED) is 0.585. The van der Waals surface area contributed by atoms with Gasteiger partial charge in [-0.15, -0.1) is 0 Å². The predicted octanol–water partition coefficient (Wildman–Crippen LogP) is 2.75. The van der Waals surface area contributed by atoms with E-state index in [1.807, 2.05) is 6.92 Å². The molecule has 0 atom stereocenters. The zero-order valence-corrected chi connectivity index (χ0v) is 15.1. The Hall–Kier alpha value is -2.94. The van der Waals surface area contributed by atoms with Gasteiger partial charge in [0.2, 0.25) is 0 Å². The molecule has 9 heteroatoms. The minimum atomic E-state index is -4.32. The fourth-order valence-electron chi connectivity index (χ4n) is 2.57. The van der Waals surface area contributed by atoms with Gasteiger partial charge in [-0.1, -0.05) is 31.2 Å². The second-order valence-electron chi connectivity index (χ2n) is 5.59. The molecule has 0 heterocycles. The van der Waals surface area contributed by atoms with Crippen LogP contribution in [0.4, 0.5) is 11.4 Å². The average molecular weight is 378 g/mol. The van der Waals surface area contributed by atoms with Crippen molar-refractivity contribution in [2.24, 2.45) is 0 Å². The number of hydrogen-bond acceptors (Lipinski definition) is 5. The Labute approximate surface area is 150 Å². The molecule has 0 aliphatic carbocycles. The summed E-state index contributed by atoms with van der Waals surface area (Å²) in [5.41, 5.74) is 0.803. The van der Waals surface area contributed by atoms with Crippen molar-refractivity contribution >= 4 is 27.4 Å². The van der Waals surface area contributed by atoms with Gasteiger partial charge in [-0.2, -0.15) is 0 Å². The Morgan fingerprint density at radius 2 is 1.88 bits per heavy atom. The van der Waals surface area contributed by atoms with Crippen LogP contribution in [-0.2, 0) is 21.2 Å². The predicted molar refractivity (Wildman–Crippen MR) is 95.8 cm³/mol. The largest absolute Gasteiger partial charge is 0.480 e. The van der Waals surface area contributed by atoms with Crippen LogP contribution in [0.1, 0.15) is 18.1 Å². The summed E-state index contributed by atoms with van der Waals surface area (Å²) >= 11 is 0. The van der Waals surface area contributed by atoms with Crippen LogP contribution < -0.4 is 4.31 Å². The number of aliphatic carboxylic acids is 1. The molecule has 0 saturated carbocycles. The van der Waals surface area contributed by atoms with Crippen LogP contribution in [0.15, 0.2) is 47.4 Å². The van der Waals surface area contributed by atoms with Crippen molar-refractivity contribution in [1.29, 1.82) is 0 Å². The number of carbonyl (C=O) groups is 1. The van der Waals surface area contributed by atoms with Crippen molar-refractivity contribution in [2.75, 3.05) is 10.8 Å². The summed E-state index contributed by atoms with van der Waals surface area (Å²) in [5.74, 6) is -1.33. The molecule has 0 aliphatic heterocycles. The van der Waals surface area contributed by atoms with Crippen molar-refractivity contribution in [3.05, 3.63) is 63.7 Å². The van der Waals surface area contributed by atoms with Crippen molar-refractivity contribution in [3.63, 3.8) is 0 Å². The Bertz CT molecular complexity index is 955. The molecule has 0 spiro atoms. The van der Waals surface area contributed by atoms with E-state index in [-0.39, 0.29) is 16.3 Å². The number of aryl methyl sites for hydroxylation is 2. The molecule has 0 bridgehead atoms. The maximum Gasteiger partial charge on any atom is 0.324 e. The number of carboxylic acid groups (broad SMARTS) is 1. The Balaban J connectivity index is 2.70. The topological polar surface area (TPSA) is 118 Å². The zero-order chi connectivity index (χ0) is 19.5. The SMILES string of the molecule is CCc1ccccc1N(CC(=O)O)S(=O)(=O)c1cc([N+](=O)[O-])ccc1C. The third kappa shape index (κ3) is 3.83. The van der Waals surface area contributed by atoms with Crippen LogP contribution in [0.25, 0.3) is 0 Å². The van der Waals surface area contributed by atoms with E-state index in [4.69, 9.17) is 0 Å². The summed E-state index contributed by atoms with van der Waals surface area (Å²) in [5, 5.41) is 20.2. The van der Waals surface area contributed by atoms with Gasteiger partial charge in [0.25, 0.3) is 15.7 Å². The highest BCUT2D eigenvalue weighted by molar-refractivity contribution is 7.93. The fraction of sp³-hybridized carbons (Fsp3) is 0.235. The summed E-state index contributed by atoms with van der Waals surface area (Å²) < 4.78 is 27.1. The maximum absolute atomic E-state index is 13.2. The first-order chi connectivity index (χ1) is 12.2. The Morgan fingerprint density at radius 3 is 2.46 bits per heavy atom. The van der Waals surface area contributed by atoms with Crippen LogP contribution >= 0.6 is 0 Å². The summed E-state index contributed by atoms with van der Waals surface area (Å²) in [6, 6.07) is 10.1. The normalized spacial score (nSPS) is 11.2. The lowest BCUT2D eigenvalue weighted by Crippen LogP contribution is -2.36. The molecule has 0 unspecified atom stereocenters. The van der Waals surface area contributed by atoms with Crippen LogP contribution in [0.2, 0.25) is 0 Å².